The number of hydrogen-bond acceptors (Lipinski definition) is 3. The van der Waals surface area contributed by atoms with Gasteiger partial charge in [-0.25, -0.2) is 0 Å². The van der Waals surface area contributed by atoms with Gasteiger partial charge in [-0.2, -0.15) is 0 Å². The van der Waals surface area contributed by atoms with Crippen LogP contribution in [-0.4, -0.2) is 42.7 Å². The second-order valence-electron chi connectivity index (χ2n) is 4.05. The molecule has 1 aromatic carbocycles. The van der Waals surface area contributed by atoms with E-state index in [4.69, 9.17) is 4.74 Å². The summed E-state index contributed by atoms with van der Waals surface area (Å²) in [4.78, 5) is 13.8. The predicted octanol–water partition coefficient (Wildman–Crippen LogP) is 1.98. The summed E-state index contributed by atoms with van der Waals surface area (Å²) in [5, 5.41) is 9.80. The number of carbonyl (C=O) groups excluding carboxylic acids is 1. The number of ether oxygens (including phenoxy) is 1. The number of aryl methyl sites for hydroxylation is 1. The van der Waals surface area contributed by atoms with Crippen LogP contribution in [0.25, 0.3) is 0 Å². The lowest BCUT2D eigenvalue weighted by atomic mass is 10.1. The van der Waals surface area contributed by atoms with Gasteiger partial charge < -0.3 is 14.7 Å². The first-order valence-electron chi connectivity index (χ1n) is 5.79. The van der Waals surface area contributed by atoms with Crippen LogP contribution in [0.4, 0.5) is 0 Å². The van der Waals surface area contributed by atoms with Crippen molar-refractivity contribution in [3.8, 4) is 5.75 Å². The topological polar surface area (TPSA) is 49.8 Å². The van der Waals surface area contributed by atoms with Crippen molar-refractivity contribution in [3.63, 3.8) is 0 Å². The molecule has 1 N–H and O–H groups in total. The molecule has 4 heteroatoms. The Labute approximate surface area is 107 Å². The highest BCUT2D eigenvalue weighted by atomic mass is 16.5. The number of rotatable bonds is 6. The molecule has 1 amide bonds. The molecule has 0 saturated carbocycles. The van der Waals surface area contributed by atoms with Crippen LogP contribution in [0.3, 0.4) is 0 Å². The van der Waals surface area contributed by atoms with E-state index in [1.54, 1.807) is 36.3 Å². The number of methoxy groups -OCH3 is 1. The minimum Gasteiger partial charge on any atom is -0.507 e. The van der Waals surface area contributed by atoms with E-state index in [0.717, 1.165) is 5.56 Å². The van der Waals surface area contributed by atoms with Gasteiger partial charge in [-0.1, -0.05) is 12.1 Å². The van der Waals surface area contributed by atoms with E-state index in [9.17, 15) is 9.90 Å². The van der Waals surface area contributed by atoms with Crippen molar-refractivity contribution in [2.75, 3.05) is 26.8 Å². The van der Waals surface area contributed by atoms with Crippen LogP contribution in [0.5, 0.6) is 5.75 Å². The zero-order valence-electron chi connectivity index (χ0n) is 10.8. The fraction of sp³-hybridized carbons (Fsp3) is 0.357. The average molecular weight is 249 g/mol. The summed E-state index contributed by atoms with van der Waals surface area (Å²) in [5.74, 6) is -0.212. The standard InChI is InChI=1S/C14H19NO3/c1-4-7-15(8-9-18-3)14(17)12-6-5-11(2)10-13(12)16/h4-6,10,16H,1,7-9H2,2-3H3. The zero-order valence-corrected chi connectivity index (χ0v) is 10.8. The first-order valence-corrected chi connectivity index (χ1v) is 5.79. The molecular formula is C14H19NO3. The third-order valence-electron chi connectivity index (χ3n) is 2.59. The quantitative estimate of drug-likeness (QED) is 0.784. The van der Waals surface area contributed by atoms with Crippen LogP contribution in [0.15, 0.2) is 30.9 Å². The lowest BCUT2D eigenvalue weighted by Crippen LogP contribution is -2.34. The Morgan fingerprint density at radius 2 is 2.28 bits per heavy atom. The Balaban J connectivity index is 2.90. The SMILES string of the molecule is C=CCN(CCOC)C(=O)c1ccc(C)cc1O. The van der Waals surface area contributed by atoms with Gasteiger partial charge in [0.2, 0.25) is 0 Å². The predicted molar refractivity (Wildman–Crippen MR) is 70.8 cm³/mol. The van der Waals surface area contributed by atoms with E-state index < -0.39 is 0 Å². The maximum Gasteiger partial charge on any atom is 0.257 e. The monoisotopic (exact) mass is 249 g/mol. The Kier molecular flexibility index (Phi) is 5.39. The third kappa shape index (κ3) is 3.60. The summed E-state index contributed by atoms with van der Waals surface area (Å²) in [7, 11) is 1.58. The van der Waals surface area contributed by atoms with Crippen LogP contribution in [0, 0.1) is 6.92 Å². The molecule has 0 fully saturated rings. The first kappa shape index (κ1) is 14.3. The van der Waals surface area contributed by atoms with Crippen molar-refractivity contribution in [3.05, 3.63) is 42.0 Å². The Morgan fingerprint density at radius 1 is 1.56 bits per heavy atom. The molecule has 0 heterocycles. The molecule has 0 aliphatic carbocycles. The summed E-state index contributed by atoms with van der Waals surface area (Å²) in [6.45, 7) is 6.83. The summed E-state index contributed by atoms with van der Waals surface area (Å²) in [6.07, 6.45) is 1.65. The van der Waals surface area contributed by atoms with Gasteiger partial charge in [0.1, 0.15) is 5.75 Å². The summed E-state index contributed by atoms with van der Waals surface area (Å²) in [6, 6.07) is 5.01. The molecule has 1 rings (SSSR count). The summed E-state index contributed by atoms with van der Waals surface area (Å²) >= 11 is 0. The van der Waals surface area contributed by atoms with Gasteiger partial charge in [-0.15, -0.1) is 6.58 Å². The van der Waals surface area contributed by atoms with E-state index in [1.807, 2.05) is 6.92 Å². The molecule has 4 nitrogen and oxygen atoms in total. The number of amides is 1. The zero-order chi connectivity index (χ0) is 13.5. The second kappa shape index (κ2) is 6.81. The van der Waals surface area contributed by atoms with Crippen molar-refractivity contribution >= 4 is 5.91 Å². The Hall–Kier alpha value is -1.81. The van der Waals surface area contributed by atoms with Gasteiger partial charge in [-0.05, 0) is 24.6 Å². The van der Waals surface area contributed by atoms with Crippen LogP contribution >= 0.6 is 0 Å². The molecule has 18 heavy (non-hydrogen) atoms. The van der Waals surface area contributed by atoms with Gasteiger partial charge in [0.05, 0.1) is 12.2 Å². The number of nitrogens with zero attached hydrogens (tertiary/aromatic N) is 1. The fourth-order valence-electron chi connectivity index (χ4n) is 1.63. The molecular weight excluding hydrogens is 230 g/mol. The highest BCUT2D eigenvalue weighted by molar-refractivity contribution is 5.97. The van der Waals surface area contributed by atoms with Gasteiger partial charge in [0.15, 0.2) is 0 Å². The average Bonchev–Trinajstić information content (AvgIpc) is 2.33. The van der Waals surface area contributed by atoms with Crippen molar-refractivity contribution < 1.29 is 14.6 Å². The minimum atomic E-state index is -0.218. The van der Waals surface area contributed by atoms with Gasteiger partial charge in [0.25, 0.3) is 5.91 Å². The van der Waals surface area contributed by atoms with Crippen LogP contribution in [0.2, 0.25) is 0 Å². The Bertz CT molecular complexity index is 429. The molecule has 0 atom stereocenters. The summed E-state index contributed by atoms with van der Waals surface area (Å²) in [5.41, 5.74) is 1.22. The van der Waals surface area contributed by atoms with Gasteiger partial charge in [-0.3, -0.25) is 4.79 Å². The molecule has 1 aromatic rings. The lowest BCUT2D eigenvalue weighted by Gasteiger charge is -2.21. The van der Waals surface area contributed by atoms with Crippen LogP contribution < -0.4 is 0 Å². The van der Waals surface area contributed by atoms with E-state index in [1.165, 1.54) is 0 Å². The normalized spacial score (nSPS) is 10.1. The number of phenols is 1. The maximum absolute atomic E-state index is 12.2. The largest absolute Gasteiger partial charge is 0.507 e. The van der Waals surface area contributed by atoms with E-state index in [2.05, 4.69) is 6.58 Å². The van der Waals surface area contributed by atoms with Crippen LogP contribution in [0.1, 0.15) is 15.9 Å². The highest BCUT2D eigenvalue weighted by Crippen LogP contribution is 2.20. The third-order valence-corrected chi connectivity index (χ3v) is 2.59. The fourth-order valence-corrected chi connectivity index (χ4v) is 1.63. The maximum atomic E-state index is 12.2. The van der Waals surface area contributed by atoms with E-state index in [0.29, 0.717) is 25.3 Å². The van der Waals surface area contributed by atoms with Crippen molar-refractivity contribution in [1.82, 2.24) is 4.90 Å². The highest BCUT2D eigenvalue weighted by Gasteiger charge is 2.17. The molecule has 0 radical (unpaired) electrons. The van der Waals surface area contributed by atoms with Crippen molar-refractivity contribution in [2.24, 2.45) is 0 Å². The smallest absolute Gasteiger partial charge is 0.257 e. The minimum absolute atomic E-state index is 0.00600. The molecule has 0 spiro atoms. The molecule has 0 unspecified atom stereocenters. The molecule has 0 aliphatic heterocycles. The number of carbonyl (C=O) groups is 1. The molecule has 0 aromatic heterocycles. The first-order chi connectivity index (χ1) is 8.60. The van der Waals surface area contributed by atoms with Gasteiger partial charge >= 0.3 is 0 Å². The molecule has 0 bridgehead atoms. The Morgan fingerprint density at radius 3 is 2.83 bits per heavy atom. The van der Waals surface area contributed by atoms with Crippen molar-refractivity contribution in [1.29, 1.82) is 0 Å². The van der Waals surface area contributed by atoms with E-state index >= 15 is 0 Å². The number of phenolic OH excluding ortho intramolecular Hbond substituents is 1. The van der Waals surface area contributed by atoms with Crippen molar-refractivity contribution in [2.45, 2.75) is 6.92 Å². The number of aromatic hydroxyl groups is 1. The molecule has 0 aliphatic rings. The second-order valence-corrected chi connectivity index (χ2v) is 4.05. The molecule has 0 saturated heterocycles. The lowest BCUT2D eigenvalue weighted by molar-refractivity contribution is 0.0715. The number of hydrogen-bond donors (Lipinski definition) is 1. The molecule has 98 valence electrons. The number of benzene rings is 1. The van der Waals surface area contributed by atoms with Crippen LogP contribution in [-0.2, 0) is 4.74 Å². The van der Waals surface area contributed by atoms with Gasteiger partial charge in [0, 0.05) is 20.2 Å². The van der Waals surface area contributed by atoms with E-state index in [-0.39, 0.29) is 11.7 Å². The summed E-state index contributed by atoms with van der Waals surface area (Å²) < 4.78 is 4.96.